The van der Waals surface area contributed by atoms with Crippen molar-refractivity contribution in [2.45, 2.75) is 6.04 Å². The van der Waals surface area contributed by atoms with Gasteiger partial charge in [0, 0.05) is 20.7 Å². The average molecular weight is 374 g/mol. The molecule has 2 rings (SSSR count). The molecule has 0 fully saturated rings. The fourth-order valence-electron chi connectivity index (χ4n) is 1.79. The molecule has 1 unspecified atom stereocenters. The van der Waals surface area contributed by atoms with E-state index in [1.54, 1.807) is 25.4 Å². The zero-order chi connectivity index (χ0) is 13.1. The van der Waals surface area contributed by atoms with Gasteiger partial charge >= 0.3 is 0 Å². The molecule has 0 spiro atoms. The second kappa shape index (κ2) is 5.91. The van der Waals surface area contributed by atoms with Gasteiger partial charge in [-0.2, -0.15) is 0 Å². The van der Waals surface area contributed by atoms with Crippen LogP contribution in [0.5, 0.6) is 0 Å². The van der Waals surface area contributed by atoms with Gasteiger partial charge in [-0.3, -0.25) is 4.98 Å². The molecule has 5 heteroatoms. The molecule has 0 amide bonds. The number of nitrogens with zero attached hydrogens (tertiary/aromatic N) is 1. The smallest absolute Gasteiger partial charge is 0.128 e. The number of hydrogen-bond donors (Lipinski definition) is 1. The Balaban J connectivity index is 2.49. The van der Waals surface area contributed by atoms with E-state index < -0.39 is 0 Å². The quantitative estimate of drug-likeness (QED) is 0.877. The Hall–Kier alpha value is -0.780. The summed E-state index contributed by atoms with van der Waals surface area (Å²) < 4.78 is 15.5. The van der Waals surface area contributed by atoms with E-state index in [1.807, 2.05) is 12.1 Å². The van der Waals surface area contributed by atoms with Crippen LogP contribution in [0.15, 0.2) is 45.5 Å². The van der Waals surface area contributed by atoms with Crippen LogP contribution in [0, 0.1) is 5.82 Å². The minimum Gasteiger partial charge on any atom is -0.308 e. The molecule has 18 heavy (non-hydrogen) atoms. The molecule has 0 aliphatic heterocycles. The summed E-state index contributed by atoms with van der Waals surface area (Å²) in [6, 6.07) is 8.31. The molecule has 1 atom stereocenters. The Morgan fingerprint density at radius 2 is 2.00 bits per heavy atom. The highest BCUT2D eigenvalue weighted by Crippen LogP contribution is 2.29. The van der Waals surface area contributed by atoms with Crippen LogP contribution in [0.1, 0.15) is 17.3 Å². The zero-order valence-corrected chi connectivity index (χ0v) is 12.8. The average Bonchev–Trinajstić information content (AvgIpc) is 2.34. The van der Waals surface area contributed by atoms with Crippen LogP contribution in [0.4, 0.5) is 4.39 Å². The first-order valence-electron chi connectivity index (χ1n) is 5.36. The third kappa shape index (κ3) is 2.79. The van der Waals surface area contributed by atoms with Gasteiger partial charge in [0.05, 0.1) is 11.7 Å². The summed E-state index contributed by atoms with van der Waals surface area (Å²) in [7, 11) is 1.78. The first kappa shape index (κ1) is 13.6. The summed E-state index contributed by atoms with van der Waals surface area (Å²) in [5.41, 5.74) is 1.33. The van der Waals surface area contributed by atoms with Crippen molar-refractivity contribution in [3.63, 3.8) is 0 Å². The standard InChI is InChI=1S/C13H11Br2FN2/c1-17-12(9-4-2-3-5-11(9)16)13-10(15)6-8(14)7-18-13/h2-7,12,17H,1H3. The molecule has 2 aromatic rings. The van der Waals surface area contributed by atoms with E-state index >= 15 is 0 Å². The topological polar surface area (TPSA) is 24.9 Å². The Bertz CT molecular complexity index is 560. The van der Waals surface area contributed by atoms with Gasteiger partial charge in [0.25, 0.3) is 0 Å². The normalized spacial score (nSPS) is 12.4. The SMILES string of the molecule is CNC(c1ccccc1F)c1ncc(Br)cc1Br. The van der Waals surface area contributed by atoms with Crippen LogP contribution in [-0.2, 0) is 0 Å². The molecule has 2 nitrogen and oxygen atoms in total. The molecule has 0 bridgehead atoms. The molecule has 0 aliphatic carbocycles. The van der Waals surface area contributed by atoms with Crippen LogP contribution in [-0.4, -0.2) is 12.0 Å². The number of benzene rings is 1. The lowest BCUT2D eigenvalue weighted by atomic mass is 10.0. The summed E-state index contributed by atoms with van der Waals surface area (Å²) in [6.07, 6.45) is 1.70. The van der Waals surface area contributed by atoms with Crippen molar-refractivity contribution < 1.29 is 4.39 Å². The highest BCUT2D eigenvalue weighted by atomic mass is 79.9. The van der Waals surface area contributed by atoms with E-state index in [2.05, 4.69) is 42.2 Å². The lowest BCUT2D eigenvalue weighted by Gasteiger charge is -2.18. The van der Waals surface area contributed by atoms with Gasteiger partial charge in [-0.15, -0.1) is 0 Å². The second-order valence-corrected chi connectivity index (χ2v) is 5.53. The van der Waals surface area contributed by atoms with E-state index in [-0.39, 0.29) is 11.9 Å². The van der Waals surface area contributed by atoms with E-state index in [0.29, 0.717) is 5.56 Å². The molecule has 1 aromatic carbocycles. The largest absolute Gasteiger partial charge is 0.308 e. The van der Waals surface area contributed by atoms with Crippen LogP contribution < -0.4 is 5.32 Å². The maximum Gasteiger partial charge on any atom is 0.128 e. The number of hydrogen-bond acceptors (Lipinski definition) is 2. The molecular formula is C13H11Br2FN2. The molecule has 0 saturated carbocycles. The third-order valence-corrected chi connectivity index (χ3v) is 3.68. The predicted octanol–water partition coefficient (Wildman–Crippen LogP) is 4.05. The summed E-state index contributed by atoms with van der Waals surface area (Å²) in [5.74, 6) is -0.242. The fraction of sp³-hybridized carbons (Fsp3) is 0.154. The number of rotatable bonds is 3. The van der Waals surface area contributed by atoms with Crippen molar-refractivity contribution in [1.29, 1.82) is 0 Å². The Labute approximate surface area is 122 Å². The van der Waals surface area contributed by atoms with Crippen molar-refractivity contribution >= 4 is 31.9 Å². The van der Waals surface area contributed by atoms with Crippen molar-refractivity contribution in [1.82, 2.24) is 10.3 Å². The fourth-order valence-corrected chi connectivity index (χ4v) is 3.00. The zero-order valence-electron chi connectivity index (χ0n) is 9.62. The van der Waals surface area contributed by atoms with Gasteiger partial charge in [0.1, 0.15) is 5.82 Å². The summed E-state index contributed by atoms with van der Waals surface area (Å²) in [5, 5.41) is 3.09. The molecule has 94 valence electrons. The van der Waals surface area contributed by atoms with Crippen molar-refractivity contribution in [2.75, 3.05) is 7.05 Å². The minimum absolute atomic E-state index is 0.242. The van der Waals surface area contributed by atoms with Gasteiger partial charge in [-0.25, -0.2) is 4.39 Å². The number of aromatic nitrogens is 1. The Morgan fingerprint density at radius 3 is 2.61 bits per heavy atom. The monoisotopic (exact) mass is 372 g/mol. The first-order valence-corrected chi connectivity index (χ1v) is 6.94. The highest BCUT2D eigenvalue weighted by molar-refractivity contribution is 9.11. The van der Waals surface area contributed by atoms with Gasteiger partial charge < -0.3 is 5.32 Å². The predicted molar refractivity (Wildman–Crippen MR) is 76.9 cm³/mol. The number of pyridine rings is 1. The maximum absolute atomic E-state index is 13.8. The van der Waals surface area contributed by atoms with E-state index in [4.69, 9.17) is 0 Å². The number of nitrogens with one attached hydrogen (secondary N) is 1. The molecule has 0 radical (unpaired) electrons. The summed E-state index contributed by atoms with van der Waals surface area (Å²) in [6.45, 7) is 0. The van der Waals surface area contributed by atoms with Crippen LogP contribution in [0.3, 0.4) is 0 Å². The summed E-state index contributed by atoms with van der Waals surface area (Å²) in [4.78, 5) is 4.34. The van der Waals surface area contributed by atoms with Gasteiger partial charge in [0.2, 0.25) is 0 Å². The van der Waals surface area contributed by atoms with Gasteiger partial charge in [-0.1, -0.05) is 18.2 Å². The third-order valence-electron chi connectivity index (χ3n) is 2.61. The summed E-state index contributed by atoms with van der Waals surface area (Å²) >= 11 is 6.81. The molecule has 1 aromatic heterocycles. The van der Waals surface area contributed by atoms with E-state index in [0.717, 1.165) is 14.6 Å². The highest BCUT2D eigenvalue weighted by Gasteiger charge is 2.19. The number of halogens is 3. The van der Waals surface area contributed by atoms with Gasteiger partial charge in [-0.05, 0) is 51.0 Å². The molecular weight excluding hydrogens is 363 g/mol. The van der Waals surface area contributed by atoms with Gasteiger partial charge in [0.15, 0.2) is 0 Å². The van der Waals surface area contributed by atoms with Crippen LogP contribution >= 0.6 is 31.9 Å². The van der Waals surface area contributed by atoms with Crippen molar-refractivity contribution in [3.8, 4) is 0 Å². The Morgan fingerprint density at radius 1 is 1.28 bits per heavy atom. The van der Waals surface area contributed by atoms with Crippen LogP contribution in [0.2, 0.25) is 0 Å². The minimum atomic E-state index is -0.284. The van der Waals surface area contributed by atoms with Crippen LogP contribution in [0.25, 0.3) is 0 Å². The molecule has 1 heterocycles. The lowest BCUT2D eigenvalue weighted by molar-refractivity contribution is 0.569. The first-order chi connectivity index (χ1) is 8.63. The van der Waals surface area contributed by atoms with Crippen molar-refractivity contribution in [3.05, 3.63) is 62.5 Å². The Kier molecular flexibility index (Phi) is 4.48. The lowest BCUT2D eigenvalue weighted by Crippen LogP contribution is -2.20. The molecule has 0 aliphatic rings. The molecule has 1 N–H and O–H groups in total. The second-order valence-electron chi connectivity index (χ2n) is 3.76. The van der Waals surface area contributed by atoms with E-state index in [1.165, 1.54) is 6.07 Å². The maximum atomic E-state index is 13.8. The van der Waals surface area contributed by atoms with E-state index in [9.17, 15) is 4.39 Å². The van der Waals surface area contributed by atoms with Crippen molar-refractivity contribution in [2.24, 2.45) is 0 Å². The molecule has 0 saturated heterocycles.